The highest BCUT2D eigenvalue weighted by Crippen LogP contribution is 2.23. The maximum Gasteiger partial charge on any atom is 0.329 e. The second-order valence-corrected chi connectivity index (χ2v) is 5.60. The van der Waals surface area contributed by atoms with Gasteiger partial charge in [-0.2, -0.15) is 0 Å². The Morgan fingerprint density at radius 3 is 2.45 bits per heavy atom. The third kappa shape index (κ3) is 2.65. The van der Waals surface area contributed by atoms with Crippen molar-refractivity contribution in [2.24, 2.45) is 0 Å². The van der Waals surface area contributed by atoms with Gasteiger partial charge >= 0.3 is 5.69 Å². The Kier molecular flexibility index (Phi) is 3.76. The molecule has 0 unspecified atom stereocenters. The molecule has 2 aromatic carbocycles. The van der Waals surface area contributed by atoms with Crippen LogP contribution in [0.1, 0.15) is 5.56 Å². The van der Waals surface area contributed by atoms with Gasteiger partial charge in [0.05, 0.1) is 22.5 Å². The summed E-state index contributed by atoms with van der Waals surface area (Å²) in [4.78, 5) is 27.2. The van der Waals surface area contributed by atoms with E-state index in [0.717, 1.165) is 4.57 Å². The van der Waals surface area contributed by atoms with E-state index < -0.39 is 11.2 Å². The quantitative estimate of drug-likeness (QED) is 0.780. The van der Waals surface area contributed by atoms with E-state index in [1.807, 2.05) is 0 Å². The molecule has 4 nitrogen and oxygen atoms in total. The largest absolute Gasteiger partial charge is 0.329 e. The molecule has 3 rings (SSSR count). The molecule has 0 radical (unpaired) electrons. The highest BCUT2D eigenvalue weighted by molar-refractivity contribution is 6.38. The Balaban J connectivity index is 2.20. The number of aromatic nitrogens is 2. The van der Waals surface area contributed by atoms with Crippen LogP contribution in [0, 0.1) is 5.82 Å². The van der Waals surface area contributed by atoms with Crippen molar-refractivity contribution in [1.82, 2.24) is 9.55 Å². The first-order valence-corrected chi connectivity index (χ1v) is 7.07. The van der Waals surface area contributed by atoms with Crippen LogP contribution in [0.4, 0.5) is 4.39 Å². The van der Waals surface area contributed by atoms with E-state index in [2.05, 4.69) is 4.98 Å². The van der Waals surface area contributed by atoms with Gasteiger partial charge in [-0.05, 0) is 29.8 Å². The first-order valence-electron chi connectivity index (χ1n) is 6.32. The normalized spacial score (nSPS) is 11.0. The number of rotatable bonds is 2. The fraction of sp³-hybridized carbons (Fsp3) is 0.0667. The Morgan fingerprint density at radius 2 is 1.77 bits per heavy atom. The van der Waals surface area contributed by atoms with Crippen LogP contribution in [0.25, 0.3) is 10.9 Å². The van der Waals surface area contributed by atoms with Gasteiger partial charge in [0.2, 0.25) is 0 Å². The van der Waals surface area contributed by atoms with Crippen LogP contribution in [0.15, 0.2) is 46.0 Å². The van der Waals surface area contributed by atoms with E-state index in [1.54, 1.807) is 0 Å². The van der Waals surface area contributed by atoms with E-state index in [0.29, 0.717) is 10.6 Å². The summed E-state index contributed by atoms with van der Waals surface area (Å²) >= 11 is 11.9. The predicted octanol–water partition coefficient (Wildman–Crippen LogP) is 3.18. The summed E-state index contributed by atoms with van der Waals surface area (Å²) in [6.07, 6.45) is 0. The molecule has 0 amide bonds. The molecular formula is C15H9Cl2FN2O2. The number of benzene rings is 2. The van der Waals surface area contributed by atoms with Gasteiger partial charge in [0.1, 0.15) is 5.82 Å². The van der Waals surface area contributed by atoms with Crippen LogP contribution >= 0.6 is 23.2 Å². The van der Waals surface area contributed by atoms with Gasteiger partial charge in [0.15, 0.2) is 0 Å². The standard InChI is InChI=1S/C15H9Cl2FN2O2/c16-9-5-11(17)13-12(6-9)19-15(22)20(14(13)21)7-8-1-3-10(18)4-2-8/h1-6H,7H2,(H,19,22). The molecule has 0 spiro atoms. The number of nitrogens with zero attached hydrogens (tertiary/aromatic N) is 1. The summed E-state index contributed by atoms with van der Waals surface area (Å²) in [5, 5.41) is 0.674. The fourth-order valence-electron chi connectivity index (χ4n) is 2.22. The number of fused-ring (bicyclic) bond motifs is 1. The number of nitrogens with one attached hydrogen (secondary N) is 1. The maximum atomic E-state index is 12.9. The number of hydrogen-bond acceptors (Lipinski definition) is 2. The monoisotopic (exact) mass is 338 g/mol. The Hall–Kier alpha value is -2.11. The van der Waals surface area contributed by atoms with Crippen molar-refractivity contribution >= 4 is 34.1 Å². The molecule has 0 atom stereocenters. The van der Waals surface area contributed by atoms with E-state index >= 15 is 0 Å². The van der Waals surface area contributed by atoms with Gasteiger partial charge in [-0.3, -0.25) is 9.36 Å². The van der Waals surface area contributed by atoms with Crippen molar-refractivity contribution in [3.8, 4) is 0 Å². The SMILES string of the molecule is O=c1[nH]c2cc(Cl)cc(Cl)c2c(=O)n1Cc1ccc(F)cc1. The molecule has 0 aliphatic heterocycles. The van der Waals surface area contributed by atoms with Crippen molar-refractivity contribution in [1.29, 1.82) is 0 Å². The third-order valence-electron chi connectivity index (χ3n) is 3.25. The van der Waals surface area contributed by atoms with E-state index in [-0.39, 0.29) is 28.3 Å². The topological polar surface area (TPSA) is 54.9 Å². The Bertz CT molecular complexity index is 978. The lowest BCUT2D eigenvalue weighted by molar-refractivity contribution is 0.625. The molecule has 1 heterocycles. The molecule has 7 heteroatoms. The minimum atomic E-state index is -0.583. The predicted molar refractivity (Wildman–Crippen MR) is 84.4 cm³/mol. The number of hydrogen-bond donors (Lipinski definition) is 1. The first-order chi connectivity index (χ1) is 10.5. The van der Waals surface area contributed by atoms with Crippen LogP contribution in [0.3, 0.4) is 0 Å². The van der Waals surface area contributed by atoms with E-state index in [4.69, 9.17) is 23.2 Å². The third-order valence-corrected chi connectivity index (χ3v) is 3.77. The zero-order chi connectivity index (χ0) is 15.9. The lowest BCUT2D eigenvalue weighted by Crippen LogP contribution is -2.35. The Morgan fingerprint density at radius 1 is 1.09 bits per heavy atom. The summed E-state index contributed by atoms with van der Waals surface area (Å²) in [6, 6.07) is 8.45. The van der Waals surface area contributed by atoms with Gasteiger partial charge < -0.3 is 4.98 Å². The summed E-state index contributed by atoms with van der Waals surface area (Å²) in [6.45, 7) is 0.0172. The van der Waals surface area contributed by atoms with Gasteiger partial charge in [-0.25, -0.2) is 9.18 Å². The molecule has 1 aromatic heterocycles. The summed E-state index contributed by atoms with van der Waals surface area (Å²) in [5.74, 6) is -0.388. The second-order valence-electron chi connectivity index (χ2n) is 4.76. The van der Waals surface area contributed by atoms with E-state index in [1.165, 1.54) is 36.4 Å². The molecular weight excluding hydrogens is 330 g/mol. The van der Waals surface area contributed by atoms with Crippen LogP contribution in [-0.4, -0.2) is 9.55 Å². The minimum Gasteiger partial charge on any atom is -0.307 e. The molecule has 0 aliphatic rings. The van der Waals surface area contributed by atoms with Gasteiger partial charge in [0, 0.05) is 5.02 Å². The van der Waals surface area contributed by atoms with Gasteiger partial charge in [-0.1, -0.05) is 35.3 Å². The molecule has 0 saturated heterocycles. The fourth-order valence-corrected chi connectivity index (χ4v) is 2.79. The van der Waals surface area contributed by atoms with Crippen LogP contribution < -0.4 is 11.2 Å². The van der Waals surface area contributed by atoms with Gasteiger partial charge in [0.25, 0.3) is 5.56 Å². The van der Waals surface area contributed by atoms with Crippen molar-refractivity contribution in [2.75, 3.05) is 0 Å². The molecule has 112 valence electrons. The van der Waals surface area contributed by atoms with Crippen molar-refractivity contribution in [3.05, 3.63) is 78.7 Å². The molecule has 0 aliphatic carbocycles. The zero-order valence-electron chi connectivity index (χ0n) is 11.1. The second kappa shape index (κ2) is 5.59. The van der Waals surface area contributed by atoms with Crippen molar-refractivity contribution in [2.45, 2.75) is 6.54 Å². The summed E-state index contributed by atoms with van der Waals surface area (Å²) < 4.78 is 13.9. The summed E-state index contributed by atoms with van der Waals surface area (Å²) in [7, 11) is 0. The van der Waals surface area contributed by atoms with Crippen molar-refractivity contribution < 1.29 is 4.39 Å². The Labute approximate surface area is 133 Å². The van der Waals surface area contributed by atoms with Gasteiger partial charge in [-0.15, -0.1) is 0 Å². The maximum absolute atomic E-state index is 12.9. The van der Waals surface area contributed by atoms with Crippen molar-refractivity contribution in [3.63, 3.8) is 0 Å². The molecule has 3 aromatic rings. The smallest absolute Gasteiger partial charge is 0.307 e. The average Bonchev–Trinajstić information content (AvgIpc) is 2.44. The zero-order valence-corrected chi connectivity index (χ0v) is 12.6. The molecule has 1 N–H and O–H groups in total. The van der Waals surface area contributed by atoms with Crippen LogP contribution in [0.5, 0.6) is 0 Å². The van der Waals surface area contributed by atoms with E-state index in [9.17, 15) is 14.0 Å². The highest BCUT2D eigenvalue weighted by Gasteiger charge is 2.12. The lowest BCUT2D eigenvalue weighted by Gasteiger charge is -2.08. The lowest BCUT2D eigenvalue weighted by atomic mass is 10.2. The summed E-state index contributed by atoms with van der Waals surface area (Å²) in [5.41, 5.74) is -0.203. The first kappa shape index (κ1) is 14.8. The molecule has 0 saturated carbocycles. The number of halogens is 3. The molecule has 0 bridgehead atoms. The number of aromatic amines is 1. The minimum absolute atomic E-state index is 0.0172. The molecule has 22 heavy (non-hydrogen) atoms. The highest BCUT2D eigenvalue weighted by atomic mass is 35.5. The van der Waals surface area contributed by atoms with Crippen LogP contribution in [-0.2, 0) is 6.54 Å². The number of H-pyrrole nitrogens is 1. The van der Waals surface area contributed by atoms with Crippen LogP contribution in [0.2, 0.25) is 10.0 Å². The average molecular weight is 339 g/mol. The molecule has 0 fully saturated rings.